The van der Waals surface area contributed by atoms with E-state index in [-0.39, 0.29) is 11.8 Å². The van der Waals surface area contributed by atoms with Crippen LogP contribution >= 0.6 is 11.3 Å². The van der Waals surface area contributed by atoms with Crippen molar-refractivity contribution in [2.75, 3.05) is 13.2 Å². The maximum absolute atomic E-state index is 12.1. The van der Waals surface area contributed by atoms with E-state index < -0.39 is 0 Å². The molecule has 0 saturated carbocycles. The number of aryl methyl sites for hydroxylation is 1. The number of carbonyl (C=O) groups excluding carboxylic acids is 1. The van der Waals surface area contributed by atoms with Gasteiger partial charge in [0.05, 0.1) is 23.7 Å². The summed E-state index contributed by atoms with van der Waals surface area (Å²) in [6, 6.07) is 3.73. The van der Waals surface area contributed by atoms with Gasteiger partial charge in [-0.05, 0) is 42.8 Å². The summed E-state index contributed by atoms with van der Waals surface area (Å²) in [7, 11) is 0. The highest BCUT2D eigenvalue weighted by Gasteiger charge is 2.19. The Morgan fingerprint density at radius 1 is 1.55 bits per heavy atom. The summed E-state index contributed by atoms with van der Waals surface area (Å²) in [6.45, 7) is 3.91. The quantitative estimate of drug-likeness (QED) is 0.941. The summed E-state index contributed by atoms with van der Waals surface area (Å²) in [6.07, 6.45) is 3.87. The van der Waals surface area contributed by atoms with Crippen LogP contribution in [-0.2, 0) is 11.3 Å². The molecule has 0 bridgehead atoms. The van der Waals surface area contributed by atoms with Gasteiger partial charge in [0.2, 0.25) is 0 Å². The summed E-state index contributed by atoms with van der Waals surface area (Å²) in [5.41, 5.74) is 1.94. The summed E-state index contributed by atoms with van der Waals surface area (Å²) in [5, 5.41) is 4.88. The molecule has 0 radical (unpaired) electrons. The van der Waals surface area contributed by atoms with E-state index in [0.29, 0.717) is 13.2 Å². The first-order valence-corrected chi connectivity index (χ1v) is 8.33. The molecule has 3 heterocycles. The summed E-state index contributed by atoms with van der Waals surface area (Å²) in [5.74, 6) is 1.03. The van der Waals surface area contributed by atoms with Gasteiger partial charge in [0.15, 0.2) is 0 Å². The molecule has 2 aromatic rings. The van der Waals surface area contributed by atoms with E-state index in [4.69, 9.17) is 4.74 Å². The molecule has 0 aromatic carbocycles. The number of ether oxygens (including phenoxy) is 1. The molecule has 22 heavy (non-hydrogen) atoms. The van der Waals surface area contributed by atoms with Crippen LogP contribution in [0, 0.1) is 6.92 Å². The Balaban J connectivity index is 1.61. The number of hydrogen-bond acceptors (Lipinski definition) is 5. The first-order chi connectivity index (χ1) is 10.7. The lowest BCUT2D eigenvalue weighted by Crippen LogP contribution is -2.23. The fraction of sp³-hybridized carbons (Fsp3) is 0.438. The van der Waals surface area contributed by atoms with Crippen LogP contribution in [0.4, 0.5) is 0 Å². The standard InChI is InChI=1S/C16H19N3O2S/c1-11-7-14(22-10-11)16(20)18-8-13-4-5-17-15(19-13)12-3-2-6-21-9-12/h4-5,7,10,12H,2-3,6,8-9H2,1H3,(H,18,20)/t12-/m1/s1. The predicted molar refractivity (Wildman–Crippen MR) is 85.1 cm³/mol. The van der Waals surface area contributed by atoms with Gasteiger partial charge in [0.1, 0.15) is 5.82 Å². The second kappa shape index (κ2) is 6.98. The number of rotatable bonds is 4. The third-order valence-electron chi connectivity index (χ3n) is 3.64. The fourth-order valence-corrected chi connectivity index (χ4v) is 3.27. The Morgan fingerprint density at radius 2 is 2.45 bits per heavy atom. The molecule has 1 amide bonds. The summed E-state index contributed by atoms with van der Waals surface area (Å²) in [4.78, 5) is 21.7. The van der Waals surface area contributed by atoms with Crippen molar-refractivity contribution in [3.63, 3.8) is 0 Å². The van der Waals surface area contributed by atoms with Crippen molar-refractivity contribution in [2.24, 2.45) is 0 Å². The molecule has 0 spiro atoms. The molecule has 6 heteroatoms. The zero-order valence-corrected chi connectivity index (χ0v) is 13.4. The van der Waals surface area contributed by atoms with Gasteiger partial charge in [0.25, 0.3) is 5.91 Å². The molecule has 2 aromatic heterocycles. The Labute approximate surface area is 133 Å². The maximum atomic E-state index is 12.1. The van der Waals surface area contributed by atoms with Crippen LogP contribution in [0.15, 0.2) is 23.7 Å². The topological polar surface area (TPSA) is 64.1 Å². The van der Waals surface area contributed by atoms with E-state index in [0.717, 1.165) is 41.4 Å². The Hall–Kier alpha value is -1.79. The third-order valence-corrected chi connectivity index (χ3v) is 4.69. The van der Waals surface area contributed by atoms with Crippen molar-refractivity contribution < 1.29 is 9.53 Å². The molecule has 0 aliphatic carbocycles. The lowest BCUT2D eigenvalue weighted by atomic mass is 10.0. The molecule has 1 aliphatic heterocycles. The van der Waals surface area contributed by atoms with E-state index in [1.165, 1.54) is 11.3 Å². The second-order valence-corrected chi connectivity index (χ2v) is 6.40. The summed E-state index contributed by atoms with van der Waals surface area (Å²) >= 11 is 1.46. The molecule has 1 saturated heterocycles. The SMILES string of the molecule is Cc1csc(C(=O)NCc2ccnc([C@@H]3CCCOC3)n2)c1. The van der Waals surface area contributed by atoms with Crippen LogP contribution in [0.3, 0.4) is 0 Å². The van der Waals surface area contributed by atoms with Crippen molar-refractivity contribution >= 4 is 17.2 Å². The highest BCUT2D eigenvalue weighted by molar-refractivity contribution is 7.12. The van der Waals surface area contributed by atoms with Crippen molar-refractivity contribution in [3.05, 3.63) is 45.7 Å². The molecule has 1 N–H and O–H groups in total. The number of nitrogens with one attached hydrogen (secondary N) is 1. The molecule has 1 fully saturated rings. The monoisotopic (exact) mass is 317 g/mol. The van der Waals surface area contributed by atoms with E-state index >= 15 is 0 Å². The highest BCUT2D eigenvalue weighted by atomic mass is 32.1. The molecule has 3 rings (SSSR count). The van der Waals surface area contributed by atoms with Gasteiger partial charge in [0, 0.05) is 18.7 Å². The first-order valence-electron chi connectivity index (χ1n) is 7.45. The van der Waals surface area contributed by atoms with Gasteiger partial charge in [-0.3, -0.25) is 4.79 Å². The van der Waals surface area contributed by atoms with Gasteiger partial charge >= 0.3 is 0 Å². The molecule has 5 nitrogen and oxygen atoms in total. The molecule has 1 atom stereocenters. The molecule has 1 aliphatic rings. The fourth-order valence-electron chi connectivity index (χ4n) is 2.46. The van der Waals surface area contributed by atoms with Gasteiger partial charge in [-0.2, -0.15) is 0 Å². The summed E-state index contributed by atoms with van der Waals surface area (Å²) < 4.78 is 5.49. The minimum absolute atomic E-state index is 0.0562. The van der Waals surface area contributed by atoms with E-state index in [2.05, 4.69) is 15.3 Å². The minimum Gasteiger partial charge on any atom is -0.381 e. The second-order valence-electron chi connectivity index (χ2n) is 5.49. The molecule has 116 valence electrons. The van der Waals surface area contributed by atoms with Gasteiger partial charge in [-0.1, -0.05) is 0 Å². The predicted octanol–water partition coefficient (Wildman–Crippen LogP) is 2.67. The van der Waals surface area contributed by atoms with E-state index in [9.17, 15) is 4.79 Å². The zero-order chi connectivity index (χ0) is 15.4. The molecular weight excluding hydrogens is 298 g/mol. The van der Waals surface area contributed by atoms with Gasteiger partial charge in [-0.15, -0.1) is 11.3 Å². The van der Waals surface area contributed by atoms with E-state index in [1.807, 2.05) is 24.4 Å². The number of thiophene rings is 1. The average molecular weight is 317 g/mol. The normalized spacial score (nSPS) is 18.1. The third kappa shape index (κ3) is 3.69. The Morgan fingerprint density at radius 3 is 3.18 bits per heavy atom. The highest BCUT2D eigenvalue weighted by Crippen LogP contribution is 2.22. The maximum Gasteiger partial charge on any atom is 0.261 e. The number of aromatic nitrogens is 2. The largest absolute Gasteiger partial charge is 0.381 e. The first kappa shape index (κ1) is 15.1. The molecular formula is C16H19N3O2S. The van der Waals surface area contributed by atoms with Gasteiger partial charge in [-0.25, -0.2) is 9.97 Å². The molecule has 0 unspecified atom stereocenters. The van der Waals surface area contributed by atoms with Crippen LogP contribution < -0.4 is 5.32 Å². The van der Waals surface area contributed by atoms with Crippen LogP contribution in [0.5, 0.6) is 0 Å². The van der Waals surface area contributed by atoms with Crippen molar-refractivity contribution in [1.82, 2.24) is 15.3 Å². The van der Waals surface area contributed by atoms with Crippen molar-refractivity contribution in [3.8, 4) is 0 Å². The zero-order valence-electron chi connectivity index (χ0n) is 12.5. The van der Waals surface area contributed by atoms with E-state index in [1.54, 1.807) is 6.20 Å². The van der Waals surface area contributed by atoms with Crippen LogP contribution in [0.1, 0.15) is 45.5 Å². The Bertz CT molecular complexity index is 650. The van der Waals surface area contributed by atoms with Crippen LogP contribution in [-0.4, -0.2) is 29.1 Å². The van der Waals surface area contributed by atoms with Gasteiger partial charge < -0.3 is 10.1 Å². The minimum atomic E-state index is -0.0562. The van der Waals surface area contributed by atoms with Crippen molar-refractivity contribution in [2.45, 2.75) is 32.2 Å². The number of nitrogens with zero attached hydrogens (tertiary/aromatic N) is 2. The number of hydrogen-bond donors (Lipinski definition) is 1. The van der Waals surface area contributed by atoms with Crippen molar-refractivity contribution in [1.29, 1.82) is 0 Å². The Kier molecular flexibility index (Phi) is 4.80. The lowest BCUT2D eigenvalue weighted by molar-refractivity contribution is 0.0779. The number of amides is 1. The van der Waals surface area contributed by atoms with Crippen LogP contribution in [0.2, 0.25) is 0 Å². The number of carbonyl (C=O) groups is 1. The smallest absolute Gasteiger partial charge is 0.261 e. The lowest BCUT2D eigenvalue weighted by Gasteiger charge is -2.20. The average Bonchev–Trinajstić information content (AvgIpc) is 3.00. The van der Waals surface area contributed by atoms with Crippen LogP contribution in [0.25, 0.3) is 0 Å².